The fourth-order valence-electron chi connectivity index (χ4n) is 12.8. The minimum absolute atomic E-state index is 0.0165. The highest BCUT2D eigenvalue weighted by Crippen LogP contribution is 3.03. The second-order valence-electron chi connectivity index (χ2n) is 13.9. The van der Waals surface area contributed by atoms with Crippen molar-refractivity contribution >= 4 is 0 Å². The Labute approximate surface area is 192 Å². The topological polar surface area (TPSA) is 48.9 Å². The van der Waals surface area contributed by atoms with Crippen LogP contribution in [0.4, 0.5) is 0 Å². The van der Waals surface area contributed by atoms with Crippen molar-refractivity contribution in [3.8, 4) is 0 Å². The van der Waals surface area contributed by atoms with Crippen molar-refractivity contribution in [2.24, 2.45) is 45.8 Å². The second kappa shape index (κ2) is 4.35. The van der Waals surface area contributed by atoms with Gasteiger partial charge in [0.15, 0.2) is 0 Å². The van der Waals surface area contributed by atoms with Gasteiger partial charge in [-0.3, -0.25) is 0 Å². The molecule has 0 N–H and O–H groups in total. The molecule has 0 saturated heterocycles. The zero-order valence-corrected chi connectivity index (χ0v) is 19.6. The fourth-order valence-corrected chi connectivity index (χ4v) is 12.8. The van der Waals surface area contributed by atoms with E-state index in [0.29, 0.717) is 17.8 Å². The van der Waals surface area contributed by atoms with Crippen LogP contribution >= 0.6 is 0 Å². The lowest BCUT2D eigenvalue weighted by atomic mass is 9.04. The first-order valence-electron chi connectivity index (χ1n) is 13.4. The van der Waals surface area contributed by atoms with E-state index in [2.05, 4.69) is 45.0 Å². The lowest BCUT2D eigenvalue weighted by Crippen LogP contribution is -3.02. The van der Waals surface area contributed by atoms with E-state index in [4.69, 9.17) is 0 Å². The summed E-state index contributed by atoms with van der Waals surface area (Å²) in [5.41, 5.74) is 3.69. The Balaban J connectivity index is 1.24. The predicted octanol–water partition coefficient (Wildman–Crippen LogP) is 3.68. The van der Waals surface area contributed by atoms with Gasteiger partial charge in [0.05, 0.1) is 12.1 Å². The smallest absolute Gasteiger partial charge is 0.246 e. The standard InChI is InChI=1S/C28H31N3O2/c1-25(2)14-9-10-26(25,3)16(12-14)29-23(32)30-21-17-18-20-19(17)27(21)11-8-13-6-4-5-7-15(13)28(20,27)22(18)31(30)24(29)33/h4-7,14,16-22H,8-12H2,1-3H3/t14-,16+,17-,18+,19-,20+,21+,22+,26+,27+,28-/m0/s1. The van der Waals surface area contributed by atoms with Crippen LogP contribution in [0.25, 0.3) is 0 Å². The third kappa shape index (κ3) is 1.18. The fraction of sp³-hybridized carbons (Fsp3) is 0.714. The SMILES string of the molecule is CC1(C)[C@H]2CC[C@]1(C)[C@H](n1c(=O)n3n(c1=O)[C@@H]1[C@@H]4[C@H]5[C@H]6[C@@H]4[C@@]14c1ccccc1CC[C@]64[C@@H]53)C2. The van der Waals surface area contributed by atoms with Crippen LogP contribution in [0.5, 0.6) is 0 Å². The summed E-state index contributed by atoms with van der Waals surface area (Å²) >= 11 is 0. The summed E-state index contributed by atoms with van der Waals surface area (Å²) in [5.74, 6) is 3.49. The van der Waals surface area contributed by atoms with Gasteiger partial charge in [0.2, 0.25) is 0 Å². The maximum Gasteiger partial charge on any atom is 0.347 e. The first-order valence-corrected chi connectivity index (χ1v) is 13.4. The van der Waals surface area contributed by atoms with Crippen molar-refractivity contribution in [3.63, 3.8) is 0 Å². The normalized spacial score (nSPS) is 55.4. The molecule has 0 radical (unpaired) electrons. The summed E-state index contributed by atoms with van der Waals surface area (Å²) < 4.78 is 5.84. The largest absolute Gasteiger partial charge is 0.347 e. The number of fused-ring (bicyclic) bond motifs is 3. The second-order valence-corrected chi connectivity index (χ2v) is 13.9. The summed E-state index contributed by atoms with van der Waals surface area (Å²) in [5, 5.41) is 0. The van der Waals surface area contributed by atoms with Crippen LogP contribution < -0.4 is 11.4 Å². The van der Waals surface area contributed by atoms with Gasteiger partial charge in [0, 0.05) is 16.9 Å². The van der Waals surface area contributed by atoms with Gasteiger partial charge in [0.1, 0.15) is 0 Å². The van der Waals surface area contributed by atoms with E-state index in [1.807, 2.05) is 9.36 Å². The van der Waals surface area contributed by atoms with E-state index < -0.39 is 0 Å². The van der Waals surface area contributed by atoms with Crippen molar-refractivity contribution in [3.05, 3.63) is 56.4 Å². The highest BCUT2D eigenvalue weighted by molar-refractivity contribution is 5.61. The molecule has 4 bridgehead atoms. The molecule has 2 spiro atoms. The summed E-state index contributed by atoms with van der Waals surface area (Å²) in [7, 11) is 0. The van der Waals surface area contributed by atoms with Gasteiger partial charge in [-0.1, -0.05) is 45.0 Å². The summed E-state index contributed by atoms with van der Waals surface area (Å²) in [6.07, 6.45) is 5.71. The highest BCUT2D eigenvalue weighted by Gasteiger charge is 3.03. The van der Waals surface area contributed by atoms with E-state index in [1.165, 1.54) is 24.0 Å². The first-order chi connectivity index (χ1) is 15.8. The van der Waals surface area contributed by atoms with Crippen molar-refractivity contribution < 1.29 is 0 Å². The first kappa shape index (κ1) is 17.4. The van der Waals surface area contributed by atoms with Crippen LogP contribution in [0.3, 0.4) is 0 Å². The lowest BCUT2D eigenvalue weighted by molar-refractivity contribution is -0.522. The third-order valence-corrected chi connectivity index (χ3v) is 14.2. The van der Waals surface area contributed by atoms with Gasteiger partial charge >= 0.3 is 11.4 Å². The van der Waals surface area contributed by atoms with Crippen molar-refractivity contribution in [2.45, 2.75) is 76.4 Å². The van der Waals surface area contributed by atoms with E-state index in [0.717, 1.165) is 31.1 Å². The molecule has 5 heteroatoms. The molecule has 6 fully saturated rings. The molecular weight excluding hydrogens is 410 g/mol. The van der Waals surface area contributed by atoms with Gasteiger partial charge in [-0.05, 0) is 83.7 Å². The van der Waals surface area contributed by atoms with Crippen LogP contribution in [0.2, 0.25) is 0 Å². The van der Waals surface area contributed by atoms with Gasteiger partial charge < -0.3 is 0 Å². The highest BCUT2D eigenvalue weighted by atomic mass is 16.2. The number of aryl methyl sites for hydroxylation is 1. The molecule has 6 saturated carbocycles. The minimum atomic E-state index is 0.0165. The average molecular weight is 442 g/mol. The van der Waals surface area contributed by atoms with Crippen LogP contribution in [0.1, 0.15) is 75.7 Å². The molecule has 0 amide bonds. The molecule has 11 rings (SSSR count). The van der Waals surface area contributed by atoms with Crippen LogP contribution in [-0.4, -0.2) is 13.9 Å². The Bertz CT molecular complexity index is 1480. The molecule has 33 heavy (non-hydrogen) atoms. The van der Waals surface area contributed by atoms with E-state index in [-0.39, 0.29) is 51.2 Å². The van der Waals surface area contributed by atoms with Gasteiger partial charge in [-0.2, -0.15) is 0 Å². The van der Waals surface area contributed by atoms with Crippen LogP contribution in [0, 0.1) is 45.8 Å². The Morgan fingerprint density at radius 1 is 0.909 bits per heavy atom. The third-order valence-electron chi connectivity index (χ3n) is 14.2. The zero-order chi connectivity index (χ0) is 22.0. The molecule has 1 aromatic carbocycles. The van der Waals surface area contributed by atoms with Crippen LogP contribution in [-0.2, 0) is 11.8 Å². The minimum Gasteiger partial charge on any atom is -0.246 e. The van der Waals surface area contributed by atoms with Crippen molar-refractivity contribution in [1.29, 1.82) is 0 Å². The molecule has 1 aromatic heterocycles. The Hall–Kier alpha value is -2.04. The number of nitrogens with zero attached hydrogens (tertiary/aromatic N) is 3. The molecular formula is C28H31N3O2. The van der Waals surface area contributed by atoms with Crippen molar-refractivity contribution in [1.82, 2.24) is 13.9 Å². The van der Waals surface area contributed by atoms with E-state index in [1.54, 1.807) is 4.57 Å². The molecule has 5 nitrogen and oxygen atoms in total. The Morgan fingerprint density at radius 3 is 2.36 bits per heavy atom. The molecule has 0 unspecified atom stereocenters. The summed E-state index contributed by atoms with van der Waals surface area (Å²) in [6.45, 7) is 7.12. The maximum atomic E-state index is 14.2. The average Bonchev–Trinajstić information content (AvgIpc) is 3.24. The monoisotopic (exact) mass is 441 g/mol. The molecule has 9 aliphatic rings. The number of hydrogen-bond acceptors (Lipinski definition) is 2. The number of hydrogen-bond donors (Lipinski definition) is 0. The maximum absolute atomic E-state index is 14.2. The van der Waals surface area contributed by atoms with Crippen molar-refractivity contribution in [2.75, 3.05) is 0 Å². The number of benzene rings is 1. The quantitative estimate of drug-likeness (QED) is 0.678. The van der Waals surface area contributed by atoms with E-state index >= 15 is 0 Å². The summed E-state index contributed by atoms with van der Waals surface area (Å²) in [4.78, 5) is 28.4. The molecule has 7 aliphatic carbocycles. The predicted molar refractivity (Wildman–Crippen MR) is 122 cm³/mol. The summed E-state index contributed by atoms with van der Waals surface area (Å²) in [6, 6.07) is 9.60. The molecule has 3 heterocycles. The Morgan fingerprint density at radius 2 is 1.64 bits per heavy atom. The zero-order valence-electron chi connectivity index (χ0n) is 19.6. The number of rotatable bonds is 1. The van der Waals surface area contributed by atoms with E-state index in [9.17, 15) is 9.59 Å². The van der Waals surface area contributed by atoms with Crippen LogP contribution in [0.15, 0.2) is 33.9 Å². The number of aromatic nitrogens is 3. The van der Waals surface area contributed by atoms with Gasteiger partial charge in [-0.15, -0.1) is 0 Å². The molecule has 11 atom stereocenters. The molecule has 170 valence electrons. The van der Waals surface area contributed by atoms with Gasteiger partial charge in [0.25, 0.3) is 0 Å². The molecule has 2 aromatic rings. The molecule has 2 aliphatic heterocycles. The van der Waals surface area contributed by atoms with Gasteiger partial charge in [-0.25, -0.2) is 23.5 Å². The lowest BCUT2D eigenvalue weighted by Gasteiger charge is -3.02. The Kier molecular flexibility index (Phi) is 2.30.